The summed E-state index contributed by atoms with van der Waals surface area (Å²) in [6.45, 7) is 0.0164. The van der Waals surface area contributed by atoms with Crippen LogP contribution in [0.1, 0.15) is 17.8 Å². The van der Waals surface area contributed by atoms with Gasteiger partial charge in [0.25, 0.3) is 5.91 Å². The number of carbonyl (C=O) groups is 3. The van der Waals surface area contributed by atoms with Crippen molar-refractivity contribution < 1.29 is 19.1 Å². The molecule has 24 heavy (non-hydrogen) atoms. The van der Waals surface area contributed by atoms with Gasteiger partial charge in [0.05, 0.1) is 16.8 Å². The largest absolute Gasteiger partial charge is 0.454 e. The molecule has 7 nitrogen and oxygen atoms in total. The molecule has 1 aromatic carbocycles. The molecule has 1 aromatic heterocycles. The second-order valence-electron chi connectivity index (χ2n) is 5.59. The highest BCUT2D eigenvalue weighted by molar-refractivity contribution is 7.18. The molecule has 0 radical (unpaired) electrons. The Morgan fingerprint density at radius 3 is 2.92 bits per heavy atom. The second-order valence-corrected chi connectivity index (χ2v) is 6.71. The van der Waals surface area contributed by atoms with Gasteiger partial charge in [-0.25, -0.2) is 9.78 Å². The molecule has 1 saturated heterocycles. The Labute approximate surface area is 142 Å². The van der Waals surface area contributed by atoms with Gasteiger partial charge in [-0.3, -0.25) is 9.59 Å². The van der Waals surface area contributed by atoms with E-state index in [0.29, 0.717) is 19.4 Å². The van der Waals surface area contributed by atoms with Crippen molar-refractivity contribution >= 4 is 39.3 Å². The first-order chi connectivity index (χ1) is 11.5. The van der Waals surface area contributed by atoms with Gasteiger partial charge >= 0.3 is 5.97 Å². The smallest absolute Gasteiger partial charge is 0.329 e. The van der Waals surface area contributed by atoms with Gasteiger partial charge in [-0.1, -0.05) is 12.1 Å². The molecule has 2 aromatic rings. The zero-order chi connectivity index (χ0) is 17.1. The van der Waals surface area contributed by atoms with E-state index in [1.807, 2.05) is 24.3 Å². The highest BCUT2D eigenvalue weighted by Gasteiger charge is 2.29. The highest BCUT2D eigenvalue weighted by Crippen LogP contribution is 2.22. The molecule has 2 heterocycles. The molecular formula is C16H17N3O4S. The summed E-state index contributed by atoms with van der Waals surface area (Å²) in [7, 11) is 1.64. The summed E-state index contributed by atoms with van der Waals surface area (Å²) in [5.41, 5.74) is 0.904. The van der Waals surface area contributed by atoms with Crippen molar-refractivity contribution in [1.82, 2.24) is 15.2 Å². The second kappa shape index (κ2) is 6.96. The number of likely N-dealkylation sites (N-methyl/N-ethyl adjacent to an activating group) is 1. The van der Waals surface area contributed by atoms with Crippen LogP contribution in [-0.4, -0.2) is 47.4 Å². The summed E-state index contributed by atoms with van der Waals surface area (Å²) < 4.78 is 6.06. The quantitative estimate of drug-likeness (QED) is 0.818. The molecule has 126 valence electrons. The molecule has 0 aliphatic carbocycles. The average Bonchev–Trinajstić information content (AvgIpc) is 3.17. The van der Waals surface area contributed by atoms with Crippen LogP contribution in [0, 0.1) is 0 Å². The van der Waals surface area contributed by atoms with Gasteiger partial charge in [0.2, 0.25) is 5.91 Å². The Hall–Kier alpha value is -2.48. The third-order valence-electron chi connectivity index (χ3n) is 3.75. The Bertz CT molecular complexity index is 755. The van der Waals surface area contributed by atoms with E-state index in [0.717, 1.165) is 15.2 Å². The van der Waals surface area contributed by atoms with E-state index in [4.69, 9.17) is 4.74 Å². The SMILES string of the molecule is CN(Cc1nc2ccccc2s1)C(=O)COC(=O)[C@@H]1CCC(=O)N1. The molecule has 0 spiro atoms. The topological polar surface area (TPSA) is 88.6 Å². The minimum atomic E-state index is -0.639. The van der Waals surface area contributed by atoms with E-state index in [1.54, 1.807) is 7.05 Å². The van der Waals surface area contributed by atoms with Gasteiger partial charge in [-0.2, -0.15) is 0 Å². The lowest BCUT2D eigenvalue weighted by molar-refractivity contribution is -0.153. The maximum atomic E-state index is 12.1. The van der Waals surface area contributed by atoms with Crippen LogP contribution in [0.2, 0.25) is 0 Å². The molecule has 8 heteroatoms. The van der Waals surface area contributed by atoms with E-state index in [9.17, 15) is 14.4 Å². The highest BCUT2D eigenvalue weighted by atomic mass is 32.1. The number of hydrogen-bond acceptors (Lipinski definition) is 6. The van der Waals surface area contributed by atoms with Crippen molar-refractivity contribution in [3.8, 4) is 0 Å². The summed E-state index contributed by atoms with van der Waals surface area (Å²) in [5, 5.41) is 3.34. The Morgan fingerprint density at radius 2 is 2.21 bits per heavy atom. The Balaban J connectivity index is 1.51. The predicted molar refractivity (Wildman–Crippen MR) is 88.2 cm³/mol. The zero-order valence-corrected chi connectivity index (χ0v) is 14.0. The van der Waals surface area contributed by atoms with Gasteiger partial charge in [-0.15, -0.1) is 11.3 Å². The molecule has 2 amide bonds. The number of nitrogens with one attached hydrogen (secondary N) is 1. The number of carbonyl (C=O) groups excluding carboxylic acids is 3. The first kappa shape index (κ1) is 16.4. The minimum Gasteiger partial charge on any atom is -0.454 e. The number of esters is 1. The first-order valence-corrected chi connectivity index (χ1v) is 8.39. The van der Waals surface area contributed by atoms with E-state index in [-0.39, 0.29) is 18.4 Å². The number of ether oxygens (including phenoxy) is 1. The third-order valence-corrected chi connectivity index (χ3v) is 4.78. The summed E-state index contributed by atoms with van der Waals surface area (Å²) in [4.78, 5) is 40.9. The lowest BCUT2D eigenvalue weighted by Gasteiger charge is -2.16. The van der Waals surface area contributed by atoms with Crippen molar-refractivity contribution in [2.45, 2.75) is 25.4 Å². The van der Waals surface area contributed by atoms with Crippen LogP contribution in [0.4, 0.5) is 0 Å². The molecule has 1 aliphatic heterocycles. The van der Waals surface area contributed by atoms with Crippen LogP contribution < -0.4 is 5.32 Å². The summed E-state index contributed by atoms with van der Waals surface area (Å²) in [6, 6.07) is 7.13. The number of rotatable bonds is 5. The van der Waals surface area contributed by atoms with E-state index in [1.165, 1.54) is 16.2 Å². The number of hydrogen-bond donors (Lipinski definition) is 1. The summed E-state index contributed by atoms with van der Waals surface area (Å²) >= 11 is 1.53. The van der Waals surface area contributed by atoms with Gasteiger partial charge in [0, 0.05) is 13.5 Å². The lowest BCUT2D eigenvalue weighted by Crippen LogP contribution is -2.37. The van der Waals surface area contributed by atoms with Crippen LogP contribution in [0.25, 0.3) is 10.2 Å². The van der Waals surface area contributed by atoms with Crippen LogP contribution >= 0.6 is 11.3 Å². The fourth-order valence-corrected chi connectivity index (χ4v) is 3.43. The number of benzene rings is 1. The van der Waals surface area contributed by atoms with Gasteiger partial charge in [-0.05, 0) is 18.6 Å². The monoisotopic (exact) mass is 347 g/mol. The molecule has 1 N–H and O–H groups in total. The van der Waals surface area contributed by atoms with Crippen LogP contribution in [0.15, 0.2) is 24.3 Å². The molecule has 1 fully saturated rings. The van der Waals surface area contributed by atoms with Crippen LogP contribution in [-0.2, 0) is 25.7 Å². The minimum absolute atomic E-state index is 0.170. The van der Waals surface area contributed by atoms with Gasteiger partial charge in [0.15, 0.2) is 6.61 Å². The number of para-hydroxylation sites is 1. The molecule has 1 atom stereocenters. The molecule has 0 saturated carbocycles. The Morgan fingerprint density at radius 1 is 1.42 bits per heavy atom. The molecule has 0 bridgehead atoms. The molecular weight excluding hydrogens is 330 g/mol. The standard InChI is InChI=1S/C16H17N3O4S/c1-19(8-14-18-10-4-2-3-5-12(10)24-14)15(21)9-23-16(22)11-6-7-13(20)17-11/h2-5,11H,6-9H2,1H3,(H,17,20)/t11-/m0/s1. The first-order valence-electron chi connectivity index (χ1n) is 7.57. The van der Waals surface area contributed by atoms with Crippen molar-refractivity contribution in [2.75, 3.05) is 13.7 Å². The fourth-order valence-electron chi connectivity index (χ4n) is 2.41. The maximum Gasteiger partial charge on any atom is 0.329 e. The maximum absolute atomic E-state index is 12.1. The zero-order valence-electron chi connectivity index (χ0n) is 13.2. The lowest BCUT2D eigenvalue weighted by atomic mass is 10.2. The molecule has 0 unspecified atom stereocenters. The van der Waals surface area contributed by atoms with Gasteiger partial charge in [0.1, 0.15) is 11.0 Å². The predicted octanol–water partition coefficient (Wildman–Crippen LogP) is 1.08. The number of amides is 2. The third kappa shape index (κ3) is 3.70. The van der Waals surface area contributed by atoms with E-state index in [2.05, 4.69) is 10.3 Å². The van der Waals surface area contributed by atoms with Crippen molar-refractivity contribution in [3.63, 3.8) is 0 Å². The Kier molecular flexibility index (Phi) is 4.75. The number of nitrogens with zero attached hydrogens (tertiary/aromatic N) is 2. The fraction of sp³-hybridized carbons (Fsp3) is 0.375. The average molecular weight is 347 g/mol. The summed E-state index contributed by atoms with van der Waals surface area (Å²) in [6.07, 6.45) is 0.721. The normalized spacial score (nSPS) is 16.9. The molecule has 3 rings (SSSR count). The van der Waals surface area contributed by atoms with E-state index >= 15 is 0 Å². The van der Waals surface area contributed by atoms with E-state index < -0.39 is 12.0 Å². The van der Waals surface area contributed by atoms with Gasteiger partial charge < -0.3 is 15.0 Å². The van der Waals surface area contributed by atoms with Crippen LogP contribution in [0.3, 0.4) is 0 Å². The van der Waals surface area contributed by atoms with Crippen molar-refractivity contribution in [3.05, 3.63) is 29.3 Å². The van der Waals surface area contributed by atoms with Crippen molar-refractivity contribution in [1.29, 1.82) is 0 Å². The van der Waals surface area contributed by atoms with Crippen LogP contribution in [0.5, 0.6) is 0 Å². The number of fused-ring (bicyclic) bond motifs is 1. The number of thiazole rings is 1. The molecule has 1 aliphatic rings. The van der Waals surface area contributed by atoms with Crippen molar-refractivity contribution in [2.24, 2.45) is 0 Å². The summed E-state index contributed by atoms with van der Waals surface area (Å²) in [5.74, 6) is -1.05. The number of aromatic nitrogens is 1.